The van der Waals surface area contributed by atoms with Gasteiger partial charge in [0.25, 0.3) is 0 Å². The Labute approximate surface area is 247 Å². The first-order valence-corrected chi connectivity index (χ1v) is 14.7. The second kappa shape index (κ2) is 14.0. The number of carbonyl (C=O) groups is 2. The van der Waals surface area contributed by atoms with Gasteiger partial charge in [-0.25, -0.2) is 14.2 Å². The van der Waals surface area contributed by atoms with Gasteiger partial charge in [0, 0.05) is 56.5 Å². The molecule has 1 saturated heterocycles. The fourth-order valence-corrected chi connectivity index (χ4v) is 5.31. The van der Waals surface area contributed by atoms with Crippen molar-refractivity contribution >= 4 is 23.1 Å². The van der Waals surface area contributed by atoms with Crippen LogP contribution in [0.15, 0.2) is 91.0 Å². The average molecular weight is 570 g/mol. The van der Waals surface area contributed by atoms with E-state index in [0.29, 0.717) is 38.4 Å². The van der Waals surface area contributed by atoms with E-state index in [4.69, 9.17) is 14.2 Å². The first-order chi connectivity index (χ1) is 20.5. The van der Waals surface area contributed by atoms with E-state index in [0.717, 1.165) is 24.0 Å². The number of piperidine rings is 1. The van der Waals surface area contributed by atoms with Gasteiger partial charge in [-0.05, 0) is 31.0 Å². The first kappa shape index (κ1) is 29.2. The summed E-state index contributed by atoms with van der Waals surface area (Å²) in [6.45, 7) is 7.03. The highest BCUT2D eigenvalue weighted by Crippen LogP contribution is 2.28. The lowest BCUT2D eigenvalue weighted by Gasteiger charge is -2.33. The third kappa shape index (κ3) is 7.31. The molecule has 0 saturated carbocycles. The zero-order valence-electron chi connectivity index (χ0n) is 24.4. The molecule has 3 aromatic carbocycles. The molecule has 8 nitrogen and oxygen atoms in total. The number of hydrogen-bond donors (Lipinski definition) is 0. The molecule has 8 heteroatoms. The summed E-state index contributed by atoms with van der Waals surface area (Å²) in [4.78, 5) is 29.8. The van der Waals surface area contributed by atoms with Gasteiger partial charge in [0.2, 0.25) is 5.88 Å². The minimum absolute atomic E-state index is 0.0278. The summed E-state index contributed by atoms with van der Waals surface area (Å²) in [6.07, 6.45) is 0.391. The molecule has 0 N–H and O–H groups in total. The van der Waals surface area contributed by atoms with Gasteiger partial charge in [-0.2, -0.15) is 0 Å². The van der Waals surface area contributed by atoms with Gasteiger partial charge in [0.1, 0.15) is 12.7 Å². The summed E-state index contributed by atoms with van der Waals surface area (Å²) in [5, 5.41) is 0.907. The number of carbonyl (C=O) groups excluding carboxylic acids is 2. The van der Waals surface area contributed by atoms with Crippen LogP contribution in [-0.4, -0.2) is 65.0 Å². The zero-order chi connectivity index (χ0) is 29.3. The molecule has 0 radical (unpaired) electrons. The van der Waals surface area contributed by atoms with Gasteiger partial charge in [-0.15, -0.1) is 0 Å². The van der Waals surface area contributed by atoms with Crippen molar-refractivity contribution in [1.82, 2.24) is 14.4 Å². The van der Waals surface area contributed by atoms with E-state index in [1.54, 1.807) is 11.8 Å². The lowest BCUT2D eigenvalue weighted by atomic mass is 10.1. The highest BCUT2D eigenvalue weighted by molar-refractivity contribution is 5.92. The van der Waals surface area contributed by atoms with Gasteiger partial charge in [0.05, 0.1) is 12.1 Å². The highest BCUT2D eigenvalue weighted by atomic mass is 16.6. The van der Waals surface area contributed by atoms with Crippen LogP contribution in [0.1, 0.15) is 37.8 Å². The minimum Gasteiger partial charge on any atom is -0.475 e. The molecule has 1 unspecified atom stereocenters. The van der Waals surface area contributed by atoms with Crippen LogP contribution in [0.5, 0.6) is 5.88 Å². The number of amides is 1. The van der Waals surface area contributed by atoms with Gasteiger partial charge in [-0.1, -0.05) is 78.9 Å². The molecule has 220 valence electrons. The van der Waals surface area contributed by atoms with Crippen LogP contribution in [0.25, 0.3) is 10.9 Å². The summed E-state index contributed by atoms with van der Waals surface area (Å²) in [5.41, 5.74) is 3.18. The Bertz CT molecular complexity index is 1410. The summed E-state index contributed by atoms with van der Waals surface area (Å²) in [7, 11) is 0. The predicted molar refractivity (Wildman–Crippen MR) is 163 cm³/mol. The summed E-state index contributed by atoms with van der Waals surface area (Å²) >= 11 is 0. The van der Waals surface area contributed by atoms with Crippen LogP contribution < -0.4 is 4.74 Å². The predicted octanol–water partition coefficient (Wildman–Crippen LogP) is 6.72. The van der Waals surface area contributed by atoms with Crippen molar-refractivity contribution in [3.8, 4) is 5.88 Å². The molecule has 0 spiro atoms. The quantitative estimate of drug-likeness (QED) is 0.211. The SMILES string of the molecule is CCOC(=O)n1c(OC2CCN(C(=O)OCC(C)N(Cc3ccccc3)Cc3ccccc3)CC2)cc2ccccc21. The summed E-state index contributed by atoms with van der Waals surface area (Å²) < 4.78 is 18.9. The number of likely N-dealkylation sites (tertiary alicyclic amines) is 1. The van der Waals surface area contributed by atoms with Crippen LogP contribution >= 0.6 is 0 Å². The fraction of sp³-hybridized carbons (Fsp3) is 0.353. The van der Waals surface area contributed by atoms with Gasteiger partial charge in [0.15, 0.2) is 0 Å². The molecular weight excluding hydrogens is 530 g/mol. The van der Waals surface area contributed by atoms with Crippen LogP contribution in [0.3, 0.4) is 0 Å². The summed E-state index contributed by atoms with van der Waals surface area (Å²) in [6, 6.07) is 30.2. The number of rotatable bonds is 10. The van der Waals surface area contributed by atoms with Gasteiger partial charge in [-0.3, -0.25) is 4.90 Å². The molecule has 0 bridgehead atoms. The summed E-state index contributed by atoms with van der Waals surface area (Å²) in [5.74, 6) is 0.460. The van der Waals surface area contributed by atoms with Crippen LogP contribution in [0.4, 0.5) is 9.59 Å². The van der Waals surface area contributed by atoms with E-state index in [9.17, 15) is 9.59 Å². The second-order valence-corrected chi connectivity index (χ2v) is 10.7. The van der Waals surface area contributed by atoms with Crippen molar-refractivity contribution in [1.29, 1.82) is 0 Å². The van der Waals surface area contributed by atoms with Crippen molar-refractivity contribution in [3.63, 3.8) is 0 Å². The molecule has 1 aliphatic rings. The largest absolute Gasteiger partial charge is 0.475 e. The second-order valence-electron chi connectivity index (χ2n) is 10.7. The third-order valence-electron chi connectivity index (χ3n) is 7.64. The number of aromatic nitrogens is 1. The Morgan fingerprint density at radius 1 is 0.833 bits per heavy atom. The molecule has 1 aliphatic heterocycles. The van der Waals surface area contributed by atoms with Crippen molar-refractivity contribution < 1.29 is 23.8 Å². The van der Waals surface area contributed by atoms with Crippen LogP contribution in [-0.2, 0) is 22.6 Å². The van der Waals surface area contributed by atoms with Crippen molar-refractivity contribution in [2.75, 3.05) is 26.3 Å². The molecule has 1 amide bonds. The lowest BCUT2D eigenvalue weighted by Crippen LogP contribution is -2.44. The molecule has 2 heterocycles. The third-order valence-corrected chi connectivity index (χ3v) is 7.64. The maximum absolute atomic E-state index is 13.0. The van der Waals surface area contributed by atoms with Crippen molar-refractivity contribution in [3.05, 3.63) is 102 Å². The van der Waals surface area contributed by atoms with E-state index in [1.165, 1.54) is 15.7 Å². The Hall–Kier alpha value is -4.30. The smallest absolute Gasteiger partial charge is 0.421 e. The minimum atomic E-state index is -0.461. The van der Waals surface area contributed by atoms with Crippen molar-refractivity contribution in [2.45, 2.75) is 51.9 Å². The number of para-hydroxylation sites is 1. The van der Waals surface area contributed by atoms with E-state index in [2.05, 4.69) is 36.1 Å². The number of nitrogens with zero attached hydrogens (tertiary/aromatic N) is 3. The fourth-order valence-electron chi connectivity index (χ4n) is 5.31. The molecule has 1 fully saturated rings. The number of benzene rings is 3. The Morgan fingerprint density at radius 2 is 1.43 bits per heavy atom. The molecule has 42 heavy (non-hydrogen) atoms. The Morgan fingerprint density at radius 3 is 2.05 bits per heavy atom. The van der Waals surface area contributed by atoms with E-state index >= 15 is 0 Å². The molecule has 4 aromatic rings. The normalized spacial score (nSPS) is 14.6. The molecular formula is C34H39N3O5. The number of fused-ring (bicyclic) bond motifs is 1. The maximum atomic E-state index is 13.0. The van der Waals surface area contributed by atoms with Crippen molar-refractivity contribution in [2.24, 2.45) is 0 Å². The standard InChI is InChI=1S/C34H39N3O5/c1-3-40-34(39)37-31-17-11-10-16-29(31)22-32(37)42-30-18-20-35(21-19-30)33(38)41-25-26(2)36(23-27-12-6-4-7-13-27)24-28-14-8-5-9-15-28/h4-17,22,26,30H,3,18-21,23-25H2,1-2H3. The van der Waals surface area contributed by atoms with Gasteiger partial charge >= 0.3 is 12.2 Å². The van der Waals surface area contributed by atoms with E-state index < -0.39 is 6.09 Å². The van der Waals surface area contributed by atoms with Crippen LogP contribution in [0, 0.1) is 0 Å². The monoisotopic (exact) mass is 569 g/mol. The highest BCUT2D eigenvalue weighted by Gasteiger charge is 2.28. The average Bonchev–Trinajstić information content (AvgIpc) is 3.39. The van der Waals surface area contributed by atoms with E-state index in [1.807, 2.05) is 66.7 Å². The Kier molecular flexibility index (Phi) is 9.77. The Balaban J connectivity index is 1.15. The molecule has 5 rings (SSSR count). The van der Waals surface area contributed by atoms with Gasteiger partial charge < -0.3 is 19.1 Å². The lowest BCUT2D eigenvalue weighted by molar-refractivity contribution is 0.0451. The number of hydrogen-bond acceptors (Lipinski definition) is 6. The van der Waals surface area contributed by atoms with Crippen LogP contribution in [0.2, 0.25) is 0 Å². The molecule has 1 atom stereocenters. The maximum Gasteiger partial charge on any atom is 0.421 e. The first-order valence-electron chi connectivity index (χ1n) is 14.7. The zero-order valence-corrected chi connectivity index (χ0v) is 24.4. The van der Waals surface area contributed by atoms with E-state index in [-0.39, 0.29) is 24.8 Å². The molecule has 0 aliphatic carbocycles. The molecule has 1 aromatic heterocycles. The topological polar surface area (TPSA) is 73.2 Å². The number of ether oxygens (including phenoxy) is 3.